The number of hydrogen-bond donors (Lipinski definition) is 2. The summed E-state index contributed by atoms with van der Waals surface area (Å²) in [4.78, 5) is 0. The summed E-state index contributed by atoms with van der Waals surface area (Å²) < 4.78 is 16.7. The minimum absolute atomic E-state index is 0.326. The van der Waals surface area contributed by atoms with Crippen LogP contribution in [-0.2, 0) is 4.74 Å². The Morgan fingerprint density at radius 2 is 2.20 bits per heavy atom. The first kappa shape index (κ1) is 7.91. The zero-order valence-corrected chi connectivity index (χ0v) is 5.53. The lowest BCUT2D eigenvalue weighted by atomic mass is 10.0. The van der Waals surface area contributed by atoms with Crippen molar-refractivity contribution in [3.05, 3.63) is 0 Å². The molecule has 0 radical (unpaired) electrons. The highest BCUT2D eigenvalue weighted by Crippen LogP contribution is 2.14. The standard InChI is InChI=1S/C6H11FO3/c7-3-5-6(9)4(8)1-2-10-5/h4-6,8-9H,1-3H2/t4?,5?,6-/m0/s1. The molecule has 0 bridgehead atoms. The predicted octanol–water partition coefficient (Wildman–Crippen LogP) is -0.533. The Hall–Kier alpha value is -0.190. The Bertz CT molecular complexity index is 109. The second kappa shape index (κ2) is 3.27. The van der Waals surface area contributed by atoms with Crippen LogP contribution in [0.1, 0.15) is 6.42 Å². The van der Waals surface area contributed by atoms with E-state index in [0.29, 0.717) is 13.0 Å². The number of hydrogen-bond acceptors (Lipinski definition) is 3. The highest BCUT2D eigenvalue weighted by Gasteiger charge is 2.30. The molecule has 1 aliphatic rings. The topological polar surface area (TPSA) is 49.7 Å². The molecule has 2 unspecified atom stereocenters. The first-order valence-corrected chi connectivity index (χ1v) is 3.29. The molecule has 0 aromatic carbocycles. The quantitative estimate of drug-likeness (QED) is 0.528. The summed E-state index contributed by atoms with van der Waals surface area (Å²) in [6.45, 7) is -0.412. The van der Waals surface area contributed by atoms with Gasteiger partial charge in [-0.3, -0.25) is 0 Å². The number of alkyl halides is 1. The van der Waals surface area contributed by atoms with Crippen LogP contribution in [0.5, 0.6) is 0 Å². The number of rotatable bonds is 1. The van der Waals surface area contributed by atoms with Gasteiger partial charge in [0.15, 0.2) is 0 Å². The molecule has 1 aliphatic heterocycles. The summed E-state index contributed by atoms with van der Waals surface area (Å²) in [6.07, 6.45) is -2.32. The molecule has 1 fully saturated rings. The van der Waals surface area contributed by atoms with E-state index in [0.717, 1.165) is 0 Å². The van der Waals surface area contributed by atoms with Crippen LogP contribution in [0.15, 0.2) is 0 Å². The van der Waals surface area contributed by atoms with Crippen molar-refractivity contribution >= 4 is 0 Å². The molecule has 0 aliphatic carbocycles. The molecule has 3 atom stereocenters. The third kappa shape index (κ3) is 1.45. The number of halogens is 1. The highest BCUT2D eigenvalue weighted by atomic mass is 19.1. The lowest BCUT2D eigenvalue weighted by molar-refractivity contribution is -0.139. The first-order chi connectivity index (χ1) is 4.75. The summed E-state index contributed by atoms with van der Waals surface area (Å²) in [5.74, 6) is 0. The molecule has 2 N–H and O–H groups in total. The van der Waals surface area contributed by atoms with Crippen LogP contribution in [0, 0.1) is 0 Å². The average Bonchev–Trinajstić information content (AvgIpc) is 1.95. The number of aliphatic hydroxyl groups excluding tert-OH is 2. The molecule has 1 rings (SSSR count). The van der Waals surface area contributed by atoms with Crippen molar-refractivity contribution in [3.63, 3.8) is 0 Å². The SMILES string of the molecule is OC1CCOC(CF)[C@H]1O. The zero-order chi connectivity index (χ0) is 7.56. The largest absolute Gasteiger partial charge is 0.390 e. The van der Waals surface area contributed by atoms with Crippen LogP contribution in [-0.4, -0.2) is 41.8 Å². The van der Waals surface area contributed by atoms with Crippen LogP contribution >= 0.6 is 0 Å². The molecule has 0 aromatic rings. The maximum Gasteiger partial charge on any atom is 0.118 e. The first-order valence-electron chi connectivity index (χ1n) is 3.29. The van der Waals surface area contributed by atoms with Crippen LogP contribution in [0.3, 0.4) is 0 Å². The molecule has 3 nitrogen and oxygen atoms in total. The van der Waals surface area contributed by atoms with Crippen molar-refractivity contribution in [2.45, 2.75) is 24.7 Å². The van der Waals surface area contributed by atoms with Crippen molar-refractivity contribution in [1.29, 1.82) is 0 Å². The van der Waals surface area contributed by atoms with Gasteiger partial charge >= 0.3 is 0 Å². The van der Waals surface area contributed by atoms with Gasteiger partial charge in [0.05, 0.1) is 6.10 Å². The van der Waals surface area contributed by atoms with Gasteiger partial charge in [0.2, 0.25) is 0 Å². The molecule has 1 heterocycles. The summed E-state index contributed by atoms with van der Waals surface area (Å²) in [6, 6.07) is 0. The van der Waals surface area contributed by atoms with Gasteiger partial charge in [0.1, 0.15) is 18.9 Å². The summed E-state index contributed by atoms with van der Waals surface area (Å²) >= 11 is 0. The van der Waals surface area contributed by atoms with Crippen LogP contribution in [0.2, 0.25) is 0 Å². The molecule has 60 valence electrons. The van der Waals surface area contributed by atoms with Crippen molar-refractivity contribution in [3.8, 4) is 0 Å². The number of aliphatic hydroxyl groups is 2. The maximum absolute atomic E-state index is 11.9. The molecule has 0 spiro atoms. The predicted molar refractivity (Wildman–Crippen MR) is 32.3 cm³/mol. The van der Waals surface area contributed by atoms with Gasteiger partial charge in [-0.2, -0.15) is 0 Å². The molecule has 0 saturated carbocycles. The zero-order valence-electron chi connectivity index (χ0n) is 5.53. The Labute approximate surface area is 58.4 Å². The van der Waals surface area contributed by atoms with Crippen molar-refractivity contribution in [2.24, 2.45) is 0 Å². The van der Waals surface area contributed by atoms with Crippen molar-refractivity contribution in [2.75, 3.05) is 13.3 Å². The molecule has 1 saturated heterocycles. The fraction of sp³-hybridized carbons (Fsp3) is 1.00. The molecule has 0 aromatic heterocycles. The molecular formula is C6H11FO3. The van der Waals surface area contributed by atoms with Gasteiger partial charge in [0, 0.05) is 6.61 Å². The van der Waals surface area contributed by atoms with Gasteiger partial charge in [-0.25, -0.2) is 4.39 Å². The smallest absolute Gasteiger partial charge is 0.118 e. The lowest BCUT2D eigenvalue weighted by Gasteiger charge is -2.29. The second-order valence-electron chi connectivity index (χ2n) is 2.41. The molecular weight excluding hydrogens is 139 g/mol. The van der Waals surface area contributed by atoms with Gasteiger partial charge < -0.3 is 14.9 Å². The molecule has 4 heteroatoms. The highest BCUT2D eigenvalue weighted by molar-refractivity contribution is 4.79. The van der Waals surface area contributed by atoms with E-state index in [1.54, 1.807) is 0 Å². The van der Waals surface area contributed by atoms with E-state index in [9.17, 15) is 4.39 Å². The van der Waals surface area contributed by atoms with E-state index < -0.39 is 25.0 Å². The minimum atomic E-state index is -1.06. The Balaban J connectivity index is 2.42. The van der Waals surface area contributed by atoms with E-state index in [1.807, 2.05) is 0 Å². The molecule has 10 heavy (non-hydrogen) atoms. The van der Waals surface area contributed by atoms with Crippen molar-refractivity contribution in [1.82, 2.24) is 0 Å². The summed E-state index contributed by atoms with van der Waals surface area (Å²) in [7, 11) is 0. The number of ether oxygens (including phenoxy) is 1. The van der Waals surface area contributed by atoms with E-state index in [-0.39, 0.29) is 0 Å². The molecule has 0 amide bonds. The van der Waals surface area contributed by atoms with Gasteiger partial charge in [-0.1, -0.05) is 0 Å². The summed E-state index contributed by atoms with van der Waals surface area (Å²) in [5.41, 5.74) is 0. The van der Waals surface area contributed by atoms with Crippen LogP contribution in [0.25, 0.3) is 0 Å². The third-order valence-electron chi connectivity index (χ3n) is 1.67. The Morgan fingerprint density at radius 1 is 1.50 bits per heavy atom. The van der Waals surface area contributed by atoms with Gasteiger partial charge in [-0.15, -0.1) is 0 Å². The average molecular weight is 150 g/mol. The van der Waals surface area contributed by atoms with Crippen LogP contribution in [0.4, 0.5) is 4.39 Å². The van der Waals surface area contributed by atoms with Gasteiger partial charge in [0.25, 0.3) is 0 Å². The normalized spacial score (nSPS) is 41.7. The minimum Gasteiger partial charge on any atom is -0.390 e. The monoisotopic (exact) mass is 150 g/mol. The third-order valence-corrected chi connectivity index (χ3v) is 1.67. The van der Waals surface area contributed by atoms with Gasteiger partial charge in [-0.05, 0) is 6.42 Å². The Morgan fingerprint density at radius 3 is 2.70 bits per heavy atom. The second-order valence-corrected chi connectivity index (χ2v) is 2.41. The lowest BCUT2D eigenvalue weighted by Crippen LogP contribution is -2.45. The van der Waals surface area contributed by atoms with Crippen LogP contribution < -0.4 is 0 Å². The Kier molecular flexibility index (Phi) is 2.59. The fourth-order valence-corrected chi connectivity index (χ4v) is 0.993. The maximum atomic E-state index is 11.9. The van der Waals surface area contributed by atoms with E-state index in [2.05, 4.69) is 0 Å². The van der Waals surface area contributed by atoms with Crippen molar-refractivity contribution < 1.29 is 19.3 Å². The van der Waals surface area contributed by atoms with E-state index in [4.69, 9.17) is 14.9 Å². The van der Waals surface area contributed by atoms with E-state index in [1.165, 1.54) is 0 Å². The fourth-order valence-electron chi connectivity index (χ4n) is 0.993. The van der Waals surface area contributed by atoms with E-state index >= 15 is 0 Å². The summed E-state index contributed by atoms with van der Waals surface area (Å²) in [5, 5.41) is 18.0.